The van der Waals surface area contributed by atoms with Crippen LogP contribution >= 0.6 is 23.5 Å². The Bertz CT molecular complexity index is 1090. The molecule has 0 aromatic heterocycles. The topological polar surface area (TPSA) is 69.7 Å². The summed E-state index contributed by atoms with van der Waals surface area (Å²) in [5, 5.41) is 2.33. The molecule has 0 aliphatic carbocycles. The van der Waals surface area contributed by atoms with Crippen LogP contribution in [-0.2, 0) is 9.59 Å². The Morgan fingerprint density at radius 2 is 1.94 bits per heavy atom. The maximum atomic E-state index is 12.8. The van der Waals surface area contributed by atoms with Crippen molar-refractivity contribution < 1.29 is 14.4 Å². The number of thioether (sulfide) groups is 2. The van der Waals surface area contributed by atoms with E-state index in [-0.39, 0.29) is 6.54 Å². The summed E-state index contributed by atoms with van der Waals surface area (Å²) in [6.07, 6.45) is 6.12. The fraction of sp³-hybridized carbons (Fsp3) is 0.292. The summed E-state index contributed by atoms with van der Waals surface area (Å²) in [6, 6.07) is 13.6. The lowest BCUT2D eigenvalue weighted by atomic mass is 10.1. The van der Waals surface area contributed by atoms with Crippen molar-refractivity contribution in [3.05, 3.63) is 58.5 Å². The van der Waals surface area contributed by atoms with E-state index in [4.69, 9.17) is 0 Å². The fourth-order valence-corrected chi connectivity index (χ4v) is 5.10. The average Bonchev–Trinajstić information content (AvgIpc) is 3.40. The quantitative estimate of drug-likeness (QED) is 0.477. The molecule has 0 bridgehead atoms. The van der Waals surface area contributed by atoms with E-state index in [1.54, 1.807) is 23.9 Å². The lowest BCUT2D eigenvalue weighted by Crippen LogP contribution is -2.36. The lowest BCUT2D eigenvalue weighted by Gasteiger charge is -2.18. The van der Waals surface area contributed by atoms with Crippen molar-refractivity contribution in [2.75, 3.05) is 36.1 Å². The van der Waals surface area contributed by atoms with Gasteiger partial charge in [0.2, 0.25) is 5.91 Å². The van der Waals surface area contributed by atoms with Gasteiger partial charge in [-0.3, -0.25) is 19.3 Å². The highest BCUT2D eigenvalue weighted by atomic mass is 32.2. The molecule has 0 spiro atoms. The molecule has 2 heterocycles. The third-order valence-corrected chi connectivity index (χ3v) is 7.17. The van der Waals surface area contributed by atoms with Crippen molar-refractivity contribution in [1.82, 2.24) is 4.90 Å². The predicted octanol–water partition coefficient (Wildman–Crippen LogP) is 4.99. The van der Waals surface area contributed by atoms with Crippen LogP contribution in [0, 0.1) is 6.92 Å². The predicted molar refractivity (Wildman–Crippen MR) is 132 cm³/mol. The highest BCUT2D eigenvalue weighted by Crippen LogP contribution is 2.33. The van der Waals surface area contributed by atoms with Crippen molar-refractivity contribution in [3.63, 3.8) is 0 Å². The molecule has 2 aliphatic rings. The number of hydrogen-bond acceptors (Lipinski definition) is 6. The minimum Gasteiger partial charge on any atom is -0.372 e. The number of aryl methyl sites for hydroxylation is 1. The Balaban J connectivity index is 1.44. The van der Waals surface area contributed by atoms with E-state index in [2.05, 4.69) is 22.3 Å². The van der Waals surface area contributed by atoms with E-state index in [0.29, 0.717) is 10.6 Å². The molecule has 2 saturated heterocycles. The van der Waals surface area contributed by atoms with Gasteiger partial charge in [-0.05, 0) is 85.3 Å². The lowest BCUT2D eigenvalue weighted by molar-refractivity contribution is -0.127. The van der Waals surface area contributed by atoms with E-state index in [0.717, 1.165) is 45.8 Å². The molecule has 2 aromatic carbocycles. The van der Waals surface area contributed by atoms with Gasteiger partial charge in [0, 0.05) is 29.4 Å². The summed E-state index contributed by atoms with van der Waals surface area (Å²) in [4.78, 5) is 42.4. The molecule has 32 heavy (non-hydrogen) atoms. The molecule has 2 aromatic rings. The summed E-state index contributed by atoms with van der Waals surface area (Å²) in [6.45, 7) is 3.84. The maximum Gasteiger partial charge on any atom is 0.294 e. The second-order valence-corrected chi connectivity index (χ2v) is 9.66. The third kappa shape index (κ3) is 5.02. The van der Waals surface area contributed by atoms with Crippen LogP contribution in [0.1, 0.15) is 24.0 Å². The molecule has 3 amide bonds. The van der Waals surface area contributed by atoms with Gasteiger partial charge < -0.3 is 10.2 Å². The number of rotatable bonds is 6. The van der Waals surface area contributed by atoms with Gasteiger partial charge in [-0.2, -0.15) is 0 Å². The molecular formula is C24H25N3O3S2. The minimum absolute atomic E-state index is 0.307. The summed E-state index contributed by atoms with van der Waals surface area (Å²) in [7, 11) is 0. The van der Waals surface area contributed by atoms with Gasteiger partial charge in [-0.25, -0.2) is 0 Å². The molecule has 0 unspecified atom stereocenters. The normalized spacial score (nSPS) is 17.5. The average molecular weight is 468 g/mol. The number of carbonyl (C=O) groups is 3. The zero-order valence-electron chi connectivity index (χ0n) is 18.1. The number of nitrogens with one attached hydrogen (secondary N) is 1. The number of benzene rings is 2. The van der Waals surface area contributed by atoms with Gasteiger partial charge in [0.25, 0.3) is 11.1 Å². The molecular weight excluding hydrogens is 442 g/mol. The second-order valence-electron chi connectivity index (χ2n) is 7.78. The summed E-state index contributed by atoms with van der Waals surface area (Å²) in [5.41, 5.74) is 3.77. The van der Waals surface area contributed by atoms with E-state index < -0.39 is 17.1 Å². The fourth-order valence-electron chi connectivity index (χ4n) is 3.82. The van der Waals surface area contributed by atoms with Gasteiger partial charge in [0.15, 0.2) is 0 Å². The standard InChI is InChI=1S/C24H25N3O3S2/c1-16-12-19(26-10-3-4-11-26)9-8-17(16)13-21-23(29)27(24(30)32-21)15-22(28)25-18-6-5-7-20(14-18)31-2/h5-9,12-14H,3-4,10-11,15H2,1-2H3,(H,25,28)/b21-13+. The smallest absolute Gasteiger partial charge is 0.294 e. The molecule has 2 aliphatic heterocycles. The SMILES string of the molecule is CSc1cccc(NC(=O)CN2C(=O)S/C(=C/c3ccc(N4CCCC4)cc3C)C2=O)c1. The van der Waals surface area contributed by atoms with Crippen LogP contribution in [0.15, 0.2) is 52.3 Å². The third-order valence-electron chi connectivity index (χ3n) is 5.54. The Morgan fingerprint density at radius 1 is 1.16 bits per heavy atom. The molecule has 0 saturated carbocycles. The number of imide groups is 1. The number of hydrogen-bond donors (Lipinski definition) is 1. The van der Waals surface area contributed by atoms with E-state index >= 15 is 0 Å². The monoisotopic (exact) mass is 467 g/mol. The Morgan fingerprint density at radius 3 is 2.66 bits per heavy atom. The number of nitrogens with zero attached hydrogens (tertiary/aromatic N) is 2. The zero-order valence-corrected chi connectivity index (χ0v) is 19.7. The first-order valence-corrected chi connectivity index (χ1v) is 12.5. The van der Waals surface area contributed by atoms with Crippen molar-refractivity contribution in [2.24, 2.45) is 0 Å². The van der Waals surface area contributed by atoms with Crippen molar-refractivity contribution >= 4 is 58.0 Å². The number of amides is 3. The van der Waals surface area contributed by atoms with E-state index in [9.17, 15) is 14.4 Å². The summed E-state index contributed by atoms with van der Waals surface area (Å²) in [5.74, 6) is -0.839. The Hall–Kier alpha value is -2.71. The van der Waals surface area contributed by atoms with Crippen molar-refractivity contribution in [3.8, 4) is 0 Å². The van der Waals surface area contributed by atoms with E-state index in [1.807, 2.05) is 37.4 Å². The van der Waals surface area contributed by atoms with Crippen LogP contribution in [0.2, 0.25) is 0 Å². The van der Waals surface area contributed by atoms with Gasteiger partial charge >= 0.3 is 0 Å². The highest BCUT2D eigenvalue weighted by molar-refractivity contribution is 8.18. The van der Waals surface area contributed by atoms with Gasteiger partial charge in [0.05, 0.1) is 4.91 Å². The number of carbonyl (C=O) groups excluding carboxylic acids is 3. The minimum atomic E-state index is -0.434. The van der Waals surface area contributed by atoms with Crippen LogP contribution < -0.4 is 10.2 Å². The van der Waals surface area contributed by atoms with Crippen LogP contribution in [0.4, 0.5) is 16.2 Å². The first-order chi connectivity index (χ1) is 15.4. The Labute approximate surface area is 196 Å². The first kappa shape index (κ1) is 22.5. The van der Waals surface area contributed by atoms with Crippen molar-refractivity contribution in [2.45, 2.75) is 24.7 Å². The summed E-state index contributed by atoms with van der Waals surface area (Å²) >= 11 is 2.44. The number of anilines is 2. The van der Waals surface area contributed by atoms with Crippen LogP contribution in [0.25, 0.3) is 6.08 Å². The van der Waals surface area contributed by atoms with Crippen LogP contribution in [0.3, 0.4) is 0 Å². The first-order valence-electron chi connectivity index (χ1n) is 10.5. The molecule has 166 valence electrons. The van der Waals surface area contributed by atoms with Gasteiger partial charge in [-0.15, -0.1) is 11.8 Å². The van der Waals surface area contributed by atoms with E-state index in [1.165, 1.54) is 18.5 Å². The largest absolute Gasteiger partial charge is 0.372 e. The molecule has 6 nitrogen and oxygen atoms in total. The Kier molecular flexibility index (Phi) is 6.91. The molecule has 1 N–H and O–H groups in total. The maximum absolute atomic E-state index is 12.8. The molecule has 2 fully saturated rings. The van der Waals surface area contributed by atoms with Crippen molar-refractivity contribution in [1.29, 1.82) is 0 Å². The zero-order chi connectivity index (χ0) is 22.7. The van der Waals surface area contributed by atoms with Crippen LogP contribution in [0.5, 0.6) is 0 Å². The van der Waals surface area contributed by atoms with Gasteiger partial charge in [-0.1, -0.05) is 12.1 Å². The summed E-state index contributed by atoms with van der Waals surface area (Å²) < 4.78 is 0. The second kappa shape index (κ2) is 9.83. The highest BCUT2D eigenvalue weighted by Gasteiger charge is 2.36. The molecule has 0 radical (unpaired) electrons. The molecule has 4 rings (SSSR count). The molecule has 8 heteroatoms. The van der Waals surface area contributed by atoms with Crippen LogP contribution in [-0.4, -0.2) is 47.8 Å². The van der Waals surface area contributed by atoms with Gasteiger partial charge in [0.1, 0.15) is 6.54 Å². The molecule has 0 atom stereocenters.